The van der Waals surface area contributed by atoms with Gasteiger partial charge in [0.15, 0.2) is 0 Å². The number of nitrogens with two attached hydrogens (primary N) is 1. The van der Waals surface area contributed by atoms with Gasteiger partial charge >= 0.3 is 5.97 Å². The molecule has 0 saturated carbocycles. The molecule has 0 radical (unpaired) electrons. The zero-order valence-corrected chi connectivity index (χ0v) is 10.7. The van der Waals surface area contributed by atoms with Crippen LogP contribution in [-0.4, -0.2) is 23.0 Å². The summed E-state index contributed by atoms with van der Waals surface area (Å²) in [4.78, 5) is 19.8. The fraction of sp³-hybridized carbons (Fsp3) is 0.154. The van der Waals surface area contributed by atoms with Crippen molar-refractivity contribution in [2.45, 2.75) is 6.92 Å². The molecular formula is C13H14N4O2. The minimum atomic E-state index is -0.475. The first-order chi connectivity index (χ1) is 9.10. The summed E-state index contributed by atoms with van der Waals surface area (Å²) in [6.07, 6.45) is 3.16. The van der Waals surface area contributed by atoms with Crippen molar-refractivity contribution in [3.8, 4) is 0 Å². The largest absolute Gasteiger partial charge is 0.465 e. The molecule has 0 aliphatic rings. The summed E-state index contributed by atoms with van der Waals surface area (Å²) in [6.45, 7) is 1.90. The maximum absolute atomic E-state index is 11.7. The van der Waals surface area contributed by atoms with Gasteiger partial charge in [0.25, 0.3) is 0 Å². The molecule has 6 nitrogen and oxygen atoms in total. The highest BCUT2D eigenvalue weighted by Crippen LogP contribution is 2.22. The summed E-state index contributed by atoms with van der Waals surface area (Å²) >= 11 is 0. The summed E-state index contributed by atoms with van der Waals surface area (Å²) < 4.78 is 4.71. The molecule has 0 fully saturated rings. The van der Waals surface area contributed by atoms with Crippen molar-refractivity contribution in [1.29, 1.82) is 0 Å². The van der Waals surface area contributed by atoms with Crippen LogP contribution in [0.15, 0.2) is 30.6 Å². The average Bonchev–Trinajstić information content (AvgIpc) is 2.42. The molecule has 0 atom stereocenters. The lowest BCUT2D eigenvalue weighted by molar-refractivity contribution is 0.0602. The number of nitrogen functional groups attached to an aromatic ring is 1. The summed E-state index contributed by atoms with van der Waals surface area (Å²) in [5.74, 6) is -0.218. The molecule has 2 rings (SSSR count). The molecule has 0 unspecified atom stereocenters. The van der Waals surface area contributed by atoms with E-state index in [0.29, 0.717) is 11.3 Å². The van der Waals surface area contributed by atoms with E-state index in [9.17, 15) is 4.79 Å². The predicted octanol–water partition coefficient (Wildman–Crippen LogP) is 1.90. The van der Waals surface area contributed by atoms with Gasteiger partial charge in [-0.05, 0) is 25.1 Å². The number of hydrogen-bond donors (Lipinski definition) is 2. The highest BCUT2D eigenvalue weighted by Gasteiger charge is 2.13. The maximum Gasteiger partial charge on any atom is 0.340 e. The number of ether oxygens (including phenoxy) is 1. The van der Waals surface area contributed by atoms with E-state index in [2.05, 4.69) is 15.3 Å². The van der Waals surface area contributed by atoms with Gasteiger partial charge in [0.1, 0.15) is 5.82 Å². The Morgan fingerprint density at radius 2 is 2.11 bits per heavy atom. The van der Waals surface area contributed by atoms with E-state index in [1.807, 2.05) is 19.1 Å². The number of methoxy groups -OCH3 is 1. The van der Waals surface area contributed by atoms with Crippen LogP contribution < -0.4 is 11.1 Å². The number of aromatic nitrogens is 2. The van der Waals surface area contributed by atoms with Gasteiger partial charge in [-0.2, -0.15) is 0 Å². The standard InChI is InChI=1S/C13H14N4O2/c1-8-3-4-9(6-15-8)17-11-7-16-12(14)5-10(11)13(18)19-2/h3-7,17H,1-2H3,(H2,14,16). The van der Waals surface area contributed by atoms with E-state index in [4.69, 9.17) is 10.5 Å². The third-order valence-electron chi connectivity index (χ3n) is 2.52. The van der Waals surface area contributed by atoms with Crippen LogP contribution in [-0.2, 0) is 4.74 Å². The maximum atomic E-state index is 11.7. The minimum absolute atomic E-state index is 0.257. The van der Waals surface area contributed by atoms with Crippen LogP contribution in [0.25, 0.3) is 0 Å². The van der Waals surface area contributed by atoms with E-state index in [1.54, 1.807) is 6.20 Å². The smallest absolute Gasteiger partial charge is 0.340 e. The van der Waals surface area contributed by atoms with Gasteiger partial charge in [-0.1, -0.05) is 0 Å². The summed E-state index contributed by atoms with van der Waals surface area (Å²) in [5.41, 5.74) is 8.09. The molecule has 19 heavy (non-hydrogen) atoms. The van der Waals surface area contributed by atoms with Crippen LogP contribution >= 0.6 is 0 Å². The topological polar surface area (TPSA) is 90.1 Å². The van der Waals surface area contributed by atoms with Crippen molar-refractivity contribution in [2.24, 2.45) is 0 Å². The van der Waals surface area contributed by atoms with Crippen molar-refractivity contribution in [1.82, 2.24) is 9.97 Å². The SMILES string of the molecule is COC(=O)c1cc(N)ncc1Nc1ccc(C)nc1. The monoisotopic (exact) mass is 258 g/mol. The molecule has 3 N–H and O–H groups in total. The second-order valence-electron chi connectivity index (χ2n) is 3.96. The van der Waals surface area contributed by atoms with Crippen LogP contribution in [0.4, 0.5) is 17.2 Å². The summed E-state index contributed by atoms with van der Waals surface area (Å²) in [6, 6.07) is 5.19. The normalized spacial score (nSPS) is 10.0. The number of hydrogen-bond acceptors (Lipinski definition) is 6. The first-order valence-electron chi connectivity index (χ1n) is 5.63. The summed E-state index contributed by atoms with van der Waals surface area (Å²) in [7, 11) is 1.32. The van der Waals surface area contributed by atoms with Crippen molar-refractivity contribution in [3.05, 3.63) is 41.9 Å². The van der Waals surface area contributed by atoms with Crippen molar-refractivity contribution in [2.75, 3.05) is 18.2 Å². The Hall–Kier alpha value is -2.63. The van der Waals surface area contributed by atoms with E-state index >= 15 is 0 Å². The number of carbonyl (C=O) groups is 1. The zero-order chi connectivity index (χ0) is 13.8. The zero-order valence-electron chi connectivity index (χ0n) is 10.7. The fourth-order valence-corrected chi connectivity index (χ4v) is 1.55. The molecule has 2 aromatic heterocycles. The Bertz CT molecular complexity index is 596. The number of nitrogens with zero attached hydrogens (tertiary/aromatic N) is 2. The third kappa shape index (κ3) is 2.98. The minimum Gasteiger partial charge on any atom is -0.465 e. The average molecular weight is 258 g/mol. The lowest BCUT2D eigenvalue weighted by Gasteiger charge is -2.10. The van der Waals surface area contributed by atoms with Crippen molar-refractivity contribution in [3.63, 3.8) is 0 Å². The van der Waals surface area contributed by atoms with Crippen LogP contribution in [0, 0.1) is 6.92 Å². The van der Waals surface area contributed by atoms with Gasteiger partial charge < -0.3 is 15.8 Å². The lowest BCUT2D eigenvalue weighted by atomic mass is 10.2. The molecule has 2 heterocycles. The lowest BCUT2D eigenvalue weighted by Crippen LogP contribution is -2.07. The predicted molar refractivity (Wildman–Crippen MR) is 72.2 cm³/mol. The number of esters is 1. The molecule has 0 aromatic carbocycles. The number of nitrogens with one attached hydrogen (secondary N) is 1. The third-order valence-corrected chi connectivity index (χ3v) is 2.52. The summed E-state index contributed by atoms with van der Waals surface area (Å²) in [5, 5.41) is 3.06. The first-order valence-corrected chi connectivity index (χ1v) is 5.63. The first kappa shape index (κ1) is 12.8. The molecule has 0 aliphatic carbocycles. The van der Waals surface area contributed by atoms with Crippen molar-refractivity contribution < 1.29 is 9.53 Å². The number of aryl methyl sites for hydroxylation is 1. The van der Waals surface area contributed by atoms with Gasteiger partial charge in [0.05, 0.1) is 36.4 Å². The van der Waals surface area contributed by atoms with E-state index < -0.39 is 5.97 Å². The fourth-order valence-electron chi connectivity index (χ4n) is 1.55. The Morgan fingerprint density at radius 3 is 2.74 bits per heavy atom. The number of carbonyl (C=O) groups excluding carboxylic acids is 1. The second-order valence-corrected chi connectivity index (χ2v) is 3.96. The van der Waals surface area contributed by atoms with E-state index in [1.165, 1.54) is 19.4 Å². The number of rotatable bonds is 3. The van der Waals surface area contributed by atoms with Crippen LogP contribution in [0.3, 0.4) is 0 Å². The Labute approximate surface area is 110 Å². The Morgan fingerprint density at radius 1 is 1.32 bits per heavy atom. The van der Waals surface area contributed by atoms with Crippen LogP contribution in [0.2, 0.25) is 0 Å². The molecule has 6 heteroatoms. The second kappa shape index (κ2) is 5.34. The number of anilines is 3. The van der Waals surface area contributed by atoms with E-state index in [-0.39, 0.29) is 5.82 Å². The number of pyridine rings is 2. The quantitative estimate of drug-likeness (QED) is 0.817. The molecule has 98 valence electrons. The van der Waals surface area contributed by atoms with Crippen molar-refractivity contribution >= 4 is 23.2 Å². The van der Waals surface area contributed by atoms with Gasteiger partial charge in [-0.3, -0.25) is 4.98 Å². The highest BCUT2D eigenvalue weighted by molar-refractivity contribution is 5.96. The van der Waals surface area contributed by atoms with E-state index in [0.717, 1.165) is 11.4 Å². The van der Waals surface area contributed by atoms with Gasteiger partial charge in [-0.25, -0.2) is 9.78 Å². The molecule has 0 bridgehead atoms. The molecule has 0 saturated heterocycles. The van der Waals surface area contributed by atoms with Gasteiger partial charge in [-0.15, -0.1) is 0 Å². The molecule has 2 aromatic rings. The van der Waals surface area contributed by atoms with Gasteiger partial charge in [0.2, 0.25) is 0 Å². The Balaban J connectivity index is 2.34. The molecule has 0 aliphatic heterocycles. The Kier molecular flexibility index (Phi) is 3.61. The van der Waals surface area contributed by atoms with Crippen LogP contribution in [0.5, 0.6) is 0 Å². The van der Waals surface area contributed by atoms with Gasteiger partial charge in [0, 0.05) is 5.69 Å². The molecule has 0 amide bonds. The van der Waals surface area contributed by atoms with Crippen LogP contribution in [0.1, 0.15) is 16.1 Å². The highest BCUT2D eigenvalue weighted by atomic mass is 16.5. The molecular weight excluding hydrogens is 244 g/mol. The molecule has 0 spiro atoms.